The molecule has 0 radical (unpaired) electrons. The Balaban J connectivity index is 2.10. The molecule has 0 saturated heterocycles. The molecule has 3 aromatic rings. The van der Waals surface area contributed by atoms with E-state index < -0.39 is 0 Å². The summed E-state index contributed by atoms with van der Waals surface area (Å²) >= 11 is 6.06. The van der Waals surface area contributed by atoms with Crippen LogP contribution in [0.4, 0.5) is 0 Å². The highest BCUT2D eigenvalue weighted by Crippen LogP contribution is 2.34. The Morgan fingerprint density at radius 1 is 1.04 bits per heavy atom. The van der Waals surface area contributed by atoms with E-state index in [9.17, 15) is 5.11 Å². The van der Waals surface area contributed by atoms with Crippen molar-refractivity contribution in [1.82, 2.24) is 4.98 Å². The van der Waals surface area contributed by atoms with Crippen molar-refractivity contribution in [2.75, 3.05) is 0 Å². The zero-order valence-electron chi connectivity index (χ0n) is 12.7. The van der Waals surface area contributed by atoms with Gasteiger partial charge in [0.25, 0.3) is 0 Å². The molecule has 0 atom stereocenters. The molecule has 4 nitrogen and oxygen atoms in total. The fourth-order valence-corrected chi connectivity index (χ4v) is 2.78. The van der Waals surface area contributed by atoms with Crippen LogP contribution in [0.25, 0.3) is 11.1 Å². The zero-order valence-corrected chi connectivity index (χ0v) is 13.5. The molecule has 5 heteroatoms. The molecular weight excluding hydrogens is 324 g/mol. The third kappa shape index (κ3) is 3.55. The molecule has 0 aliphatic rings. The normalized spacial score (nSPS) is 11.0. The SMILES string of the molecule is ON=Cc1cc(Cc2ccncc2)cc(-c2cccc(Cl)c2)c1O. The summed E-state index contributed by atoms with van der Waals surface area (Å²) in [5.74, 6) is 0.0496. The standard InChI is InChI=1S/C19H15ClN2O2/c20-17-3-1-2-15(11-17)18-10-14(8-13-4-6-21-7-5-13)9-16(12-22-24)19(18)23/h1-7,9-12,23-24H,8H2. The highest BCUT2D eigenvalue weighted by molar-refractivity contribution is 6.30. The molecule has 0 bridgehead atoms. The van der Waals surface area contributed by atoms with Crippen LogP contribution in [-0.2, 0) is 6.42 Å². The van der Waals surface area contributed by atoms with Crippen molar-refractivity contribution in [2.45, 2.75) is 6.42 Å². The second-order valence-corrected chi connectivity index (χ2v) is 5.80. The van der Waals surface area contributed by atoms with Crippen molar-refractivity contribution in [3.8, 4) is 16.9 Å². The maximum absolute atomic E-state index is 10.5. The number of phenolic OH excluding ortho intramolecular Hbond substituents is 1. The third-order valence-corrected chi connectivity index (χ3v) is 3.92. The molecule has 0 fully saturated rings. The van der Waals surface area contributed by atoms with E-state index >= 15 is 0 Å². The van der Waals surface area contributed by atoms with Crippen LogP contribution in [0.1, 0.15) is 16.7 Å². The van der Waals surface area contributed by atoms with Crippen LogP contribution in [0.15, 0.2) is 66.1 Å². The van der Waals surface area contributed by atoms with Gasteiger partial charge in [-0.2, -0.15) is 0 Å². The van der Waals surface area contributed by atoms with Crippen molar-refractivity contribution in [3.63, 3.8) is 0 Å². The van der Waals surface area contributed by atoms with Gasteiger partial charge in [0.2, 0.25) is 0 Å². The van der Waals surface area contributed by atoms with Gasteiger partial charge in [0.1, 0.15) is 5.75 Å². The molecule has 0 amide bonds. The first-order chi connectivity index (χ1) is 11.7. The summed E-state index contributed by atoms with van der Waals surface area (Å²) < 4.78 is 0. The van der Waals surface area contributed by atoms with E-state index in [0.717, 1.165) is 16.7 Å². The molecule has 0 aliphatic heterocycles. The number of oxime groups is 1. The van der Waals surface area contributed by atoms with Crippen LogP contribution in [0.5, 0.6) is 5.75 Å². The Kier molecular flexibility index (Phi) is 4.77. The minimum atomic E-state index is 0.0496. The number of phenols is 1. The van der Waals surface area contributed by atoms with Gasteiger partial charge >= 0.3 is 0 Å². The lowest BCUT2D eigenvalue weighted by molar-refractivity contribution is 0.321. The topological polar surface area (TPSA) is 65.7 Å². The lowest BCUT2D eigenvalue weighted by Gasteiger charge is -2.12. The summed E-state index contributed by atoms with van der Waals surface area (Å²) in [5, 5.41) is 23.0. The molecular formula is C19H15ClN2O2. The molecule has 0 spiro atoms. The largest absolute Gasteiger partial charge is 0.507 e. The molecule has 0 aliphatic carbocycles. The van der Waals surface area contributed by atoms with Gasteiger partial charge in [-0.1, -0.05) is 28.9 Å². The number of hydrogen-bond acceptors (Lipinski definition) is 4. The maximum Gasteiger partial charge on any atom is 0.132 e. The molecule has 120 valence electrons. The highest BCUT2D eigenvalue weighted by Gasteiger charge is 2.12. The van der Waals surface area contributed by atoms with Crippen LogP contribution in [0.3, 0.4) is 0 Å². The maximum atomic E-state index is 10.5. The average molecular weight is 339 g/mol. The molecule has 3 rings (SSSR count). The number of aromatic nitrogens is 1. The Hall–Kier alpha value is -2.85. The van der Waals surface area contributed by atoms with E-state index in [-0.39, 0.29) is 5.75 Å². The second kappa shape index (κ2) is 7.15. The van der Waals surface area contributed by atoms with Crippen LogP contribution in [-0.4, -0.2) is 21.5 Å². The van der Waals surface area contributed by atoms with Crippen molar-refractivity contribution < 1.29 is 10.3 Å². The lowest BCUT2D eigenvalue weighted by atomic mass is 9.95. The van der Waals surface area contributed by atoms with Crippen LogP contribution >= 0.6 is 11.6 Å². The summed E-state index contributed by atoms with van der Waals surface area (Å²) in [7, 11) is 0. The van der Waals surface area contributed by atoms with Gasteiger partial charge in [0.05, 0.1) is 6.21 Å². The van der Waals surface area contributed by atoms with Gasteiger partial charge in [-0.3, -0.25) is 4.98 Å². The van der Waals surface area contributed by atoms with E-state index in [1.165, 1.54) is 6.21 Å². The van der Waals surface area contributed by atoms with Gasteiger partial charge in [-0.05, 0) is 59.5 Å². The van der Waals surface area contributed by atoms with E-state index in [4.69, 9.17) is 16.8 Å². The lowest BCUT2D eigenvalue weighted by Crippen LogP contribution is -1.94. The Labute approximate surface area is 144 Å². The smallest absolute Gasteiger partial charge is 0.132 e. The summed E-state index contributed by atoms with van der Waals surface area (Å²) in [5.41, 5.74) is 3.95. The second-order valence-electron chi connectivity index (χ2n) is 5.37. The van der Waals surface area contributed by atoms with Gasteiger partial charge in [0, 0.05) is 28.5 Å². The summed E-state index contributed by atoms with van der Waals surface area (Å²) in [6, 6.07) is 14.8. The van der Waals surface area contributed by atoms with Crippen LogP contribution in [0.2, 0.25) is 5.02 Å². The predicted molar refractivity (Wildman–Crippen MR) is 95.0 cm³/mol. The van der Waals surface area contributed by atoms with Crippen molar-refractivity contribution >= 4 is 17.8 Å². The van der Waals surface area contributed by atoms with Gasteiger partial charge < -0.3 is 10.3 Å². The summed E-state index contributed by atoms with van der Waals surface area (Å²) in [6.45, 7) is 0. The Bertz CT molecular complexity index is 880. The fourth-order valence-electron chi connectivity index (χ4n) is 2.59. The fraction of sp³-hybridized carbons (Fsp3) is 0.0526. The van der Waals surface area contributed by atoms with E-state index in [0.29, 0.717) is 22.6 Å². The number of benzene rings is 2. The van der Waals surface area contributed by atoms with Crippen LogP contribution < -0.4 is 0 Å². The number of nitrogens with zero attached hydrogens (tertiary/aromatic N) is 2. The minimum absolute atomic E-state index is 0.0496. The Morgan fingerprint density at radius 2 is 1.83 bits per heavy atom. The van der Waals surface area contributed by atoms with Gasteiger partial charge in [0.15, 0.2) is 0 Å². The zero-order chi connectivity index (χ0) is 16.9. The molecule has 2 N–H and O–H groups in total. The van der Waals surface area contributed by atoms with Crippen LogP contribution in [0, 0.1) is 0 Å². The number of pyridine rings is 1. The van der Waals surface area contributed by atoms with Crippen molar-refractivity contribution in [3.05, 3.63) is 82.6 Å². The first-order valence-electron chi connectivity index (χ1n) is 7.35. The Morgan fingerprint density at radius 3 is 2.54 bits per heavy atom. The van der Waals surface area contributed by atoms with Gasteiger partial charge in [-0.25, -0.2) is 0 Å². The predicted octanol–water partition coefficient (Wildman–Crippen LogP) is 4.51. The number of hydrogen-bond donors (Lipinski definition) is 2. The van der Waals surface area contributed by atoms with E-state index in [1.807, 2.05) is 30.3 Å². The number of halogens is 1. The van der Waals surface area contributed by atoms with Gasteiger partial charge in [-0.15, -0.1) is 0 Å². The number of rotatable bonds is 4. The molecule has 24 heavy (non-hydrogen) atoms. The minimum Gasteiger partial charge on any atom is -0.507 e. The van der Waals surface area contributed by atoms with E-state index in [2.05, 4.69) is 10.1 Å². The quantitative estimate of drug-likeness (QED) is 0.418. The first kappa shape index (κ1) is 16.0. The number of aromatic hydroxyl groups is 1. The first-order valence-corrected chi connectivity index (χ1v) is 7.73. The average Bonchev–Trinajstić information content (AvgIpc) is 2.59. The summed E-state index contributed by atoms with van der Waals surface area (Å²) in [4.78, 5) is 4.01. The monoisotopic (exact) mass is 338 g/mol. The molecule has 0 saturated carbocycles. The molecule has 2 aromatic carbocycles. The third-order valence-electron chi connectivity index (χ3n) is 3.69. The summed E-state index contributed by atoms with van der Waals surface area (Å²) in [6.07, 6.45) is 5.37. The van der Waals surface area contributed by atoms with Crippen molar-refractivity contribution in [2.24, 2.45) is 5.16 Å². The van der Waals surface area contributed by atoms with Crippen molar-refractivity contribution in [1.29, 1.82) is 0 Å². The highest BCUT2D eigenvalue weighted by atomic mass is 35.5. The molecule has 1 heterocycles. The molecule has 0 unspecified atom stereocenters. The molecule has 1 aromatic heterocycles. The van der Waals surface area contributed by atoms with E-state index in [1.54, 1.807) is 30.6 Å².